The van der Waals surface area contributed by atoms with Gasteiger partial charge in [0.15, 0.2) is 11.0 Å². The first-order chi connectivity index (χ1) is 9.33. The number of nitrogens with zero attached hydrogens (tertiary/aromatic N) is 2. The number of nitrogens with one attached hydrogen (secondary N) is 1. The summed E-state index contributed by atoms with van der Waals surface area (Å²) in [6, 6.07) is 7.94. The van der Waals surface area contributed by atoms with Crippen molar-refractivity contribution in [2.45, 2.75) is 19.3 Å². The highest BCUT2D eigenvalue weighted by molar-refractivity contribution is 7.98. The molecule has 19 heavy (non-hydrogen) atoms. The van der Waals surface area contributed by atoms with E-state index in [1.807, 2.05) is 36.0 Å². The number of rotatable bonds is 7. The molecule has 1 aromatic heterocycles. The molecule has 2 rings (SSSR count). The van der Waals surface area contributed by atoms with Crippen molar-refractivity contribution in [3.63, 3.8) is 0 Å². The molecule has 0 spiro atoms. The average molecular weight is 296 g/mol. The number of halogens is 1. The third kappa shape index (κ3) is 3.98. The lowest BCUT2D eigenvalue weighted by Gasteiger charge is -2.08. The predicted molar refractivity (Wildman–Crippen MR) is 85.3 cm³/mol. The molecule has 1 N–H and O–H groups in total. The SMILES string of the molecule is CSCCCCCNc1nnc(Cl)c2ccccc12. The van der Waals surface area contributed by atoms with Crippen molar-refractivity contribution in [2.75, 3.05) is 23.9 Å². The zero-order chi connectivity index (χ0) is 13.5. The molecule has 1 heterocycles. The molecule has 0 aliphatic carbocycles. The Kier molecular flexibility index (Phi) is 5.73. The summed E-state index contributed by atoms with van der Waals surface area (Å²) in [5.74, 6) is 2.06. The third-order valence-electron chi connectivity index (χ3n) is 2.96. The molecule has 0 radical (unpaired) electrons. The van der Waals surface area contributed by atoms with Crippen LogP contribution in [0.3, 0.4) is 0 Å². The van der Waals surface area contributed by atoms with Crippen molar-refractivity contribution in [1.82, 2.24) is 10.2 Å². The van der Waals surface area contributed by atoms with Gasteiger partial charge in [0.1, 0.15) is 0 Å². The van der Waals surface area contributed by atoms with E-state index in [9.17, 15) is 0 Å². The maximum absolute atomic E-state index is 6.04. The number of unbranched alkanes of at least 4 members (excludes halogenated alkanes) is 2. The van der Waals surface area contributed by atoms with Crippen LogP contribution in [0.4, 0.5) is 5.82 Å². The Morgan fingerprint density at radius 2 is 1.89 bits per heavy atom. The topological polar surface area (TPSA) is 37.8 Å². The van der Waals surface area contributed by atoms with E-state index in [1.54, 1.807) is 0 Å². The Labute approximate surface area is 123 Å². The van der Waals surface area contributed by atoms with Gasteiger partial charge in [-0.25, -0.2) is 0 Å². The van der Waals surface area contributed by atoms with Crippen LogP contribution in [0.5, 0.6) is 0 Å². The minimum absolute atomic E-state index is 0.459. The van der Waals surface area contributed by atoms with Gasteiger partial charge in [0.25, 0.3) is 0 Å². The number of thioether (sulfide) groups is 1. The van der Waals surface area contributed by atoms with Gasteiger partial charge in [-0.1, -0.05) is 42.3 Å². The Bertz CT molecular complexity index is 533. The smallest absolute Gasteiger partial charge is 0.159 e. The molecule has 0 aliphatic rings. The van der Waals surface area contributed by atoms with Gasteiger partial charge in [-0.2, -0.15) is 11.8 Å². The summed E-state index contributed by atoms with van der Waals surface area (Å²) in [6.07, 6.45) is 5.82. The minimum atomic E-state index is 0.459. The third-order valence-corrected chi connectivity index (χ3v) is 3.94. The lowest BCUT2D eigenvalue weighted by atomic mass is 10.2. The first kappa shape index (κ1) is 14.4. The molecule has 0 saturated heterocycles. The molecule has 0 aliphatic heterocycles. The zero-order valence-corrected chi connectivity index (χ0v) is 12.6. The molecule has 0 bridgehead atoms. The molecular weight excluding hydrogens is 278 g/mol. The molecule has 0 saturated carbocycles. The summed E-state index contributed by atoms with van der Waals surface area (Å²) in [7, 11) is 0. The number of hydrogen-bond acceptors (Lipinski definition) is 4. The number of anilines is 1. The van der Waals surface area contributed by atoms with Gasteiger partial charge in [0.2, 0.25) is 0 Å². The van der Waals surface area contributed by atoms with Gasteiger partial charge < -0.3 is 5.32 Å². The van der Waals surface area contributed by atoms with Crippen LogP contribution in [0.2, 0.25) is 5.15 Å². The van der Waals surface area contributed by atoms with E-state index in [0.717, 1.165) is 29.6 Å². The second-order valence-corrected chi connectivity index (χ2v) is 5.71. The van der Waals surface area contributed by atoms with Gasteiger partial charge in [0.05, 0.1) is 0 Å². The first-order valence-corrected chi connectivity index (χ1v) is 8.24. The maximum atomic E-state index is 6.04. The lowest BCUT2D eigenvalue weighted by Crippen LogP contribution is -2.05. The Hall–Kier alpha value is -1.00. The summed E-state index contributed by atoms with van der Waals surface area (Å²) in [6.45, 7) is 0.925. The molecule has 0 amide bonds. The van der Waals surface area contributed by atoms with Gasteiger partial charge in [-0.3, -0.25) is 0 Å². The highest BCUT2D eigenvalue weighted by Crippen LogP contribution is 2.25. The Balaban J connectivity index is 1.96. The molecule has 2 aromatic rings. The van der Waals surface area contributed by atoms with Gasteiger partial charge in [-0.15, -0.1) is 10.2 Å². The van der Waals surface area contributed by atoms with Crippen LogP contribution in [-0.2, 0) is 0 Å². The van der Waals surface area contributed by atoms with E-state index >= 15 is 0 Å². The molecular formula is C14H18ClN3S. The predicted octanol–water partition coefficient (Wildman–Crippen LogP) is 4.23. The number of aromatic nitrogens is 2. The van der Waals surface area contributed by atoms with Gasteiger partial charge >= 0.3 is 0 Å². The van der Waals surface area contributed by atoms with Crippen LogP contribution in [0.1, 0.15) is 19.3 Å². The molecule has 1 aromatic carbocycles. The minimum Gasteiger partial charge on any atom is -0.368 e. The highest BCUT2D eigenvalue weighted by Gasteiger charge is 2.06. The van der Waals surface area contributed by atoms with Gasteiger partial charge in [0, 0.05) is 17.3 Å². The fourth-order valence-corrected chi connectivity index (χ4v) is 2.65. The Morgan fingerprint density at radius 1 is 1.11 bits per heavy atom. The molecule has 0 unspecified atom stereocenters. The van der Waals surface area contributed by atoms with E-state index in [0.29, 0.717) is 5.15 Å². The van der Waals surface area contributed by atoms with Crippen LogP contribution in [-0.4, -0.2) is 28.8 Å². The van der Waals surface area contributed by atoms with Crippen molar-refractivity contribution in [2.24, 2.45) is 0 Å². The fourth-order valence-electron chi connectivity index (χ4n) is 1.96. The largest absolute Gasteiger partial charge is 0.368 e. The van der Waals surface area contributed by atoms with E-state index < -0.39 is 0 Å². The van der Waals surface area contributed by atoms with Crippen LogP contribution >= 0.6 is 23.4 Å². The normalized spacial score (nSPS) is 10.8. The van der Waals surface area contributed by atoms with E-state index in [1.165, 1.54) is 18.6 Å². The number of benzene rings is 1. The van der Waals surface area contributed by atoms with Crippen molar-refractivity contribution in [3.8, 4) is 0 Å². The molecule has 0 atom stereocenters. The second-order valence-electron chi connectivity index (χ2n) is 4.37. The molecule has 3 nitrogen and oxygen atoms in total. The first-order valence-electron chi connectivity index (χ1n) is 6.46. The van der Waals surface area contributed by atoms with E-state index in [-0.39, 0.29) is 0 Å². The monoisotopic (exact) mass is 295 g/mol. The average Bonchev–Trinajstić information content (AvgIpc) is 2.45. The number of fused-ring (bicyclic) bond motifs is 1. The molecule has 5 heteroatoms. The fraction of sp³-hybridized carbons (Fsp3) is 0.429. The van der Waals surface area contributed by atoms with Crippen LogP contribution in [0.15, 0.2) is 24.3 Å². The van der Waals surface area contributed by atoms with Crippen molar-refractivity contribution >= 4 is 40.0 Å². The summed E-state index contributed by atoms with van der Waals surface area (Å²) in [5.41, 5.74) is 0. The van der Waals surface area contributed by atoms with E-state index in [2.05, 4.69) is 21.8 Å². The van der Waals surface area contributed by atoms with Crippen LogP contribution in [0, 0.1) is 0 Å². The van der Waals surface area contributed by atoms with E-state index in [4.69, 9.17) is 11.6 Å². The Morgan fingerprint density at radius 3 is 2.68 bits per heavy atom. The second kappa shape index (κ2) is 7.56. The molecule has 102 valence electrons. The number of hydrogen-bond donors (Lipinski definition) is 1. The standard InChI is InChI=1S/C14H18ClN3S/c1-19-10-6-2-5-9-16-14-12-8-4-3-7-11(12)13(15)17-18-14/h3-4,7-8H,2,5-6,9-10H2,1H3,(H,16,18). The summed E-state index contributed by atoms with van der Waals surface area (Å²) < 4.78 is 0. The maximum Gasteiger partial charge on any atom is 0.159 e. The van der Waals surface area contributed by atoms with Crippen molar-refractivity contribution in [3.05, 3.63) is 29.4 Å². The van der Waals surface area contributed by atoms with Crippen LogP contribution < -0.4 is 5.32 Å². The zero-order valence-electron chi connectivity index (χ0n) is 11.0. The summed E-state index contributed by atoms with van der Waals surface area (Å²) >= 11 is 7.95. The quantitative estimate of drug-likeness (QED) is 0.776. The summed E-state index contributed by atoms with van der Waals surface area (Å²) in [4.78, 5) is 0. The molecule has 0 fully saturated rings. The highest BCUT2D eigenvalue weighted by atomic mass is 35.5. The van der Waals surface area contributed by atoms with Gasteiger partial charge in [-0.05, 0) is 24.9 Å². The lowest BCUT2D eigenvalue weighted by molar-refractivity contribution is 0.747. The summed E-state index contributed by atoms with van der Waals surface area (Å²) in [5, 5.41) is 13.9. The van der Waals surface area contributed by atoms with Crippen LogP contribution in [0.25, 0.3) is 10.8 Å². The van der Waals surface area contributed by atoms with Crippen molar-refractivity contribution in [1.29, 1.82) is 0 Å². The van der Waals surface area contributed by atoms with Crippen molar-refractivity contribution < 1.29 is 0 Å².